The first kappa shape index (κ1) is 15.3. The van der Waals surface area contributed by atoms with Crippen molar-refractivity contribution >= 4 is 18.3 Å². The summed E-state index contributed by atoms with van der Waals surface area (Å²) in [5, 5.41) is 3.36. The van der Waals surface area contributed by atoms with Gasteiger partial charge in [-0.25, -0.2) is 0 Å². The van der Waals surface area contributed by atoms with Gasteiger partial charge in [-0.05, 0) is 31.4 Å². The summed E-state index contributed by atoms with van der Waals surface area (Å²) in [5.74, 6) is 0.840. The second-order valence-electron chi connectivity index (χ2n) is 5.68. The molecule has 2 fully saturated rings. The molecule has 2 atom stereocenters. The number of amides is 1. The fourth-order valence-corrected chi connectivity index (χ4v) is 3.24. The van der Waals surface area contributed by atoms with Crippen LogP contribution in [0.1, 0.15) is 37.2 Å². The summed E-state index contributed by atoms with van der Waals surface area (Å²) in [6, 6.07) is 10.6. The molecule has 2 heterocycles. The van der Waals surface area contributed by atoms with Gasteiger partial charge in [-0.15, -0.1) is 12.4 Å². The van der Waals surface area contributed by atoms with E-state index in [0.29, 0.717) is 11.8 Å². The number of rotatable bonds is 2. The van der Waals surface area contributed by atoms with E-state index < -0.39 is 0 Å². The minimum absolute atomic E-state index is 0. The average Bonchev–Trinajstić information content (AvgIpc) is 2.98. The minimum atomic E-state index is 0. The highest BCUT2D eigenvalue weighted by atomic mass is 35.5. The van der Waals surface area contributed by atoms with Crippen molar-refractivity contribution in [2.45, 2.75) is 37.6 Å². The van der Waals surface area contributed by atoms with Crippen LogP contribution < -0.4 is 5.32 Å². The summed E-state index contributed by atoms with van der Waals surface area (Å²) in [7, 11) is 0. The van der Waals surface area contributed by atoms with Crippen LogP contribution in [0.15, 0.2) is 30.3 Å². The molecule has 20 heavy (non-hydrogen) atoms. The highest BCUT2D eigenvalue weighted by molar-refractivity contribution is 5.85. The molecule has 1 aromatic carbocycles. The first-order chi connectivity index (χ1) is 9.34. The number of nitrogens with zero attached hydrogens (tertiary/aromatic N) is 1. The van der Waals surface area contributed by atoms with Crippen molar-refractivity contribution in [1.29, 1.82) is 0 Å². The Labute approximate surface area is 127 Å². The number of nitrogens with one attached hydrogen (secondary N) is 1. The molecule has 0 aromatic heterocycles. The summed E-state index contributed by atoms with van der Waals surface area (Å²) in [4.78, 5) is 14.5. The first-order valence-corrected chi connectivity index (χ1v) is 7.42. The summed E-state index contributed by atoms with van der Waals surface area (Å²) in [6.45, 7) is 2.80. The molecule has 2 aliphatic rings. The second kappa shape index (κ2) is 7.09. The van der Waals surface area contributed by atoms with Crippen molar-refractivity contribution < 1.29 is 4.79 Å². The molecule has 2 saturated heterocycles. The Kier molecular flexibility index (Phi) is 5.44. The van der Waals surface area contributed by atoms with E-state index in [-0.39, 0.29) is 18.4 Å². The van der Waals surface area contributed by atoms with E-state index in [0.717, 1.165) is 32.5 Å². The molecule has 0 bridgehead atoms. The Morgan fingerprint density at radius 1 is 1.15 bits per heavy atom. The van der Waals surface area contributed by atoms with Crippen LogP contribution in [0.5, 0.6) is 0 Å². The highest BCUT2D eigenvalue weighted by Crippen LogP contribution is 2.27. The van der Waals surface area contributed by atoms with E-state index in [4.69, 9.17) is 0 Å². The summed E-state index contributed by atoms with van der Waals surface area (Å²) >= 11 is 0. The lowest BCUT2D eigenvalue weighted by molar-refractivity contribution is -0.133. The van der Waals surface area contributed by atoms with Crippen molar-refractivity contribution in [2.24, 2.45) is 0 Å². The zero-order chi connectivity index (χ0) is 13.1. The Hall–Kier alpha value is -1.06. The molecular weight excluding hydrogens is 272 g/mol. The molecule has 110 valence electrons. The quantitative estimate of drug-likeness (QED) is 0.909. The van der Waals surface area contributed by atoms with Crippen molar-refractivity contribution in [2.75, 3.05) is 19.6 Å². The minimum Gasteiger partial charge on any atom is -0.341 e. The smallest absolute Gasteiger partial charge is 0.239 e. The first-order valence-electron chi connectivity index (χ1n) is 7.42. The molecule has 1 amide bonds. The lowest BCUT2D eigenvalue weighted by Gasteiger charge is -2.27. The number of likely N-dealkylation sites (tertiary alicyclic amines) is 1. The van der Waals surface area contributed by atoms with Crippen molar-refractivity contribution in [3.63, 3.8) is 0 Å². The highest BCUT2D eigenvalue weighted by Gasteiger charge is 2.31. The normalized spacial score (nSPS) is 26.1. The van der Waals surface area contributed by atoms with Crippen molar-refractivity contribution in [3.8, 4) is 0 Å². The maximum absolute atomic E-state index is 12.4. The van der Waals surface area contributed by atoms with Crippen LogP contribution >= 0.6 is 12.4 Å². The Morgan fingerprint density at radius 3 is 2.65 bits per heavy atom. The molecule has 3 nitrogen and oxygen atoms in total. The fourth-order valence-electron chi connectivity index (χ4n) is 3.24. The zero-order valence-corrected chi connectivity index (χ0v) is 12.6. The van der Waals surface area contributed by atoms with Gasteiger partial charge in [0, 0.05) is 19.0 Å². The Balaban J connectivity index is 0.00000147. The number of hydrogen-bond acceptors (Lipinski definition) is 2. The summed E-state index contributed by atoms with van der Waals surface area (Å²) < 4.78 is 0. The number of carbonyl (C=O) groups is 1. The topological polar surface area (TPSA) is 32.3 Å². The van der Waals surface area contributed by atoms with Gasteiger partial charge in [0.05, 0.1) is 6.04 Å². The van der Waals surface area contributed by atoms with Gasteiger partial charge < -0.3 is 10.2 Å². The van der Waals surface area contributed by atoms with Crippen LogP contribution in [0.3, 0.4) is 0 Å². The van der Waals surface area contributed by atoms with Gasteiger partial charge in [0.1, 0.15) is 0 Å². The third-order valence-corrected chi connectivity index (χ3v) is 4.38. The number of hydrogen-bond donors (Lipinski definition) is 1. The van der Waals surface area contributed by atoms with Crippen LogP contribution in [0, 0.1) is 0 Å². The summed E-state index contributed by atoms with van der Waals surface area (Å²) in [5.41, 5.74) is 1.37. The lowest BCUT2D eigenvalue weighted by Crippen LogP contribution is -2.47. The molecule has 0 aliphatic carbocycles. The van der Waals surface area contributed by atoms with Crippen LogP contribution in [-0.2, 0) is 4.79 Å². The molecule has 2 aliphatic heterocycles. The molecule has 2 unspecified atom stereocenters. The van der Waals surface area contributed by atoms with Crippen LogP contribution in [-0.4, -0.2) is 36.5 Å². The van der Waals surface area contributed by atoms with Gasteiger partial charge in [0.25, 0.3) is 0 Å². The number of benzene rings is 1. The van der Waals surface area contributed by atoms with Crippen LogP contribution in [0.4, 0.5) is 0 Å². The third kappa shape index (κ3) is 3.33. The summed E-state index contributed by atoms with van der Waals surface area (Å²) in [6.07, 6.45) is 4.49. The molecular formula is C16H23ClN2O. The van der Waals surface area contributed by atoms with Gasteiger partial charge in [-0.2, -0.15) is 0 Å². The van der Waals surface area contributed by atoms with E-state index in [9.17, 15) is 4.79 Å². The Morgan fingerprint density at radius 2 is 1.95 bits per heavy atom. The number of carbonyl (C=O) groups excluding carboxylic acids is 1. The molecule has 1 aromatic rings. The largest absolute Gasteiger partial charge is 0.341 e. The fraction of sp³-hybridized carbons (Fsp3) is 0.562. The molecule has 1 N–H and O–H groups in total. The zero-order valence-electron chi connectivity index (χ0n) is 11.8. The molecule has 3 rings (SSSR count). The predicted molar refractivity (Wildman–Crippen MR) is 83.3 cm³/mol. The third-order valence-electron chi connectivity index (χ3n) is 4.38. The predicted octanol–water partition coefficient (Wildman–Crippen LogP) is 2.57. The van der Waals surface area contributed by atoms with Crippen molar-refractivity contribution in [3.05, 3.63) is 35.9 Å². The van der Waals surface area contributed by atoms with E-state index in [1.54, 1.807) is 0 Å². The van der Waals surface area contributed by atoms with Crippen molar-refractivity contribution in [1.82, 2.24) is 10.2 Å². The van der Waals surface area contributed by atoms with Gasteiger partial charge >= 0.3 is 0 Å². The standard InChI is InChI=1S/C16H22N2O.ClH/c19-16(15-8-4-5-10-17-15)18-11-9-14(12-18)13-6-2-1-3-7-13;/h1-3,6-7,14-15,17H,4-5,8-12H2;1H. The van der Waals surface area contributed by atoms with E-state index >= 15 is 0 Å². The number of piperidine rings is 1. The molecule has 0 spiro atoms. The molecule has 0 saturated carbocycles. The van der Waals surface area contributed by atoms with Gasteiger partial charge in [0.15, 0.2) is 0 Å². The lowest BCUT2D eigenvalue weighted by atomic mass is 9.99. The van der Waals surface area contributed by atoms with Gasteiger partial charge in [-0.1, -0.05) is 36.8 Å². The average molecular weight is 295 g/mol. The van der Waals surface area contributed by atoms with Crippen LogP contribution in [0.25, 0.3) is 0 Å². The maximum atomic E-state index is 12.4. The monoisotopic (exact) mass is 294 g/mol. The maximum Gasteiger partial charge on any atom is 0.239 e. The van der Waals surface area contributed by atoms with E-state index in [1.165, 1.54) is 18.4 Å². The SMILES string of the molecule is Cl.O=C(C1CCCCN1)N1CCC(c2ccccc2)C1. The van der Waals surface area contributed by atoms with Crippen LogP contribution in [0.2, 0.25) is 0 Å². The van der Waals surface area contributed by atoms with Gasteiger partial charge in [0.2, 0.25) is 5.91 Å². The molecule has 4 heteroatoms. The molecule has 0 radical (unpaired) electrons. The van der Waals surface area contributed by atoms with E-state index in [1.807, 2.05) is 6.07 Å². The van der Waals surface area contributed by atoms with Gasteiger partial charge in [-0.3, -0.25) is 4.79 Å². The Bertz CT molecular complexity index is 431. The van der Waals surface area contributed by atoms with E-state index in [2.05, 4.69) is 34.5 Å². The number of halogens is 1. The second-order valence-corrected chi connectivity index (χ2v) is 5.68.